The van der Waals surface area contributed by atoms with E-state index in [0.29, 0.717) is 132 Å². The van der Waals surface area contributed by atoms with Crippen molar-refractivity contribution in [2.75, 3.05) is 145 Å². The minimum Gasteiger partial charge on any atom is -0.377 e. The van der Waals surface area contributed by atoms with Crippen LogP contribution in [0.2, 0.25) is 0 Å². The lowest BCUT2D eigenvalue weighted by Crippen LogP contribution is -2.16. The third-order valence-electron chi connectivity index (χ3n) is 5.80. The second-order valence-electron chi connectivity index (χ2n) is 10.1. The zero-order chi connectivity index (χ0) is 34.1. The van der Waals surface area contributed by atoms with Crippen LogP contribution in [0.4, 0.5) is 0 Å². The Morgan fingerprint density at radius 3 is 0.957 bits per heavy atom. The molecule has 15 heteroatoms. The van der Waals surface area contributed by atoms with Gasteiger partial charge in [0.1, 0.15) is 0 Å². The van der Waals surface area contributed by atoms with Crippen LogP contribution in [-0.4, -0.2) is 160 Å². The summed E-state index contributed by atoms with van der Waals surface area (Å²) in [6.07, 6.45) is 0.224. The van der Waals surface area contributed by atoms with Crippen molar-refractivity contribution in [3.63, 3.8) is 0 Å². The van der Waals surface area contributed by atoms with Gasteiger partial charge >= 0.3 is 0 Å². The number of aryl methyl sites for hydroxylation is 1. The number of rotatable bonds is 36. The van der Waals surface area contributed by atoms with Gasteiger partial charge < -0.3 is 52.1 Å². The molecule has 0 fully saturated rings. The van der Waals surface area contributed by atoms with E-state index >= 15 is 0 Å². The normalized spacial score (nSPS) is 12.0. The first-order valence-corrected chi connectivity index (χ1v) is 17.7. The molecule has 0 aliphatic rings. The molecule has 0 bridgehead atoms. The Morgan fingerprint density at radius 2 is 0.681 bits per heavy atom. The lowest BCUT2D eigenvalue weighted by Gasteiger charge is -2.09. The maximum Gasteiger partial charge on any atom is 0.297 e. The molecular formula is C32H58O14S. The largest absolute Gasteiger partial charge is 0.377 e. The summed E-state index contributed by atoms with van der Waals surface area (Å²) < 4.78 is 88.9. The van der Waals surface area contributed by atoms with Crippen LogP contribution in [0.25, 0.3) is 0 Å². The van der Waals surface area contributed by atoms with E-state index in [9.17, 15) is 8.42 Å². The fourth-order valence-electron chi connectivity index (χ4n) is 3.40. The lowest BCUT2D eigenvalue weighted by molar-refractivity contribution is -0.0288. The van der Waals surface area contributed by atoms with Gasteiger partial charge in [0.15, 0.2) is 0 Å². The quantitative estimate of drug-likeness (QED) is 0.0746. The second kappa shape index (κ2) is 31.9. The predicted octanol–water partition coefficient (Wildman–Crippen LogP) is 2.29. The van der Waals surface area contributed by atoms with E-state index in [1.54, 1.807) is 12.1 Å². The molecule has 1 aromatic carbocycles. The summed E-state index contributed by atoms with van der Waals surface area (Å²) in [4.78, 5) is 0.128. The Hall–Kier alpha value is -1.31. The van der Waals surface area contributed by atoms with Crippen molar-refractivity contribution in [1.29, 1.82) is 0 Å². The van der Waals surface area contributed by atoms with Crippen LogP contribution in [0.3, 0.4) is 0 Å². The van der Waals surface area contributed by atoms with Gasteiger partial charge in [0.05, 0.1) is 156 Å². The summed E-state index contributed by atoms with van der Waals surface area (Å²) in [5.74, 6) is 0. The molecule has 0 aliphatic carbocycles. The predicted molar refractivity (Wildman–Crippen MR) is 174 cm³/mol. The van der Waals surface area contributed by atoms with Gasteiger partial charge in [-0.25, -0.2) is 0 Å². The van der Waals surface area contributed by atoms with Crippen molar-refractivity contribution in [3.05, 3.63) is 29.8 Å². The van der Waals surface area contributed by atoms with Crippen LogP contribution >= 0.6 is 0 Å². The van der Waals surface area contributed by atoms with Crippen LogP contribution in [0, 0.1) is 6.92 Å². The van der Waals surface area contributed by atoms with E-state index in [1.807, 2.05) is 20.8 Å². The van der Waals surface area contributed by atoms with Gasteiger partial charge in [-0.1, -0.05) is 17.7 Å². The monoisotopic (exact) mass is 698 g/mol. The maximum atomic E-state index is 12.1. The second-order valence-corrected chi connectivity index (χ2v) is 11.7. The molecular weight excluding hydrogens is 640 g/mol. The Balaban J connectivity index is 1.68. The van der Waals surface area contributed by atoms with Gasteiger partial charge in [-0.15, -0.1) is 0 Å². The number of ether oxygens (including phenoxy) is 11. The van der Waals surface area contributed by atoms with Crippen molar-refractivity contribution in [3.8, 4) is 0 Å². The van der Waals surface area contributed by atoms with Crippen molar-refractivity contribution < 1.29 is 64.7 Å². The molecule has 0 aliphatic heterocycles. The zero-order valence-electron chi connectivity index (χ0n) is 28.6. The standard InChI is InChI=1S/C32H58O14S/c1-30(2)45-28-26-43-24-22-41-20-18-39-16-14-37-12-10-35-8-9-36-11-13-38-15-17-40-19-21-42-23-25-44-27-29-46-47(33,34)32-6-4-31(3)5-7-32/h4-7,30H,8-29H2,1-3H3. The average molecular weight is 699 g/mol. The topological polar surface area (TPSA) is 145 Å². The van der Waals surface area contributed by atoms with Gasteiger partial charge in [-0.05, 0) is 32.9 Å². The molecule has 0 heterocycles. The highest BCUT2D eigenvalue weighted by atomic mass is 32.2. The number of benzene rings is 1. The van der Waals surface area contributed by atoms with Crippen molar-refractivity contribution in [2.45, 2.75) is 31.8 Å². The summed E-state index contributed by atoms with van der Waals surface area (Å²) in [5.41, 5.74) is 0.975. The number of hydrogen-bond donors (Lipinski definition) is 0. The molecule has 1 aromatic rings. The Morgan fingerprint density at radius 1 is 0.426 bits per heavy atom. The van der Waals surface area contributed by atoms with E-state index < -0.39 is 10.1 Å². The number of hydrogen-bond acceptors (Lipinski definition) is 14. The maximum absolute atomic E-state index is 12.1. The molecule has 0 saturated carbocycles. The van der Waals surface area contributed by atoms with Crippen LogP contribution < -0.4 is 0 Å². The van der Waals surface area contributed by atoms with E-state index in [2.05, 4.69) is 0 Å². The summed E-state index contributed by atoms with van der Waals surface area (Å²) in [6, 6.07) is 6.48. The summed E-state index contributed by atoms with van der Waals surface area (Å²) in [7, 11) is -3.77. The van der Waals surface area contributed by atoms with E-state index in [0.717, 1.165) is 5.56 Å². The fraction of sp³-hybridized carbons (Fsp3) is 0.812. The Labute approximate surface area is 281 Å². The molecule has 0 amide bonds. The third kappa shape index (κ3) is 29.3. The van der Waals surface area contributed by atoms with Gasteiger partial charge in [0.2, 0.25) is 0 Å². The van der Waals surface area contributed by atoms with Crippen LogP contribution in [-0.2, 0) is 66.4 Å². The lowest BCUT2D eigenvalue weighted by atomic mass is 10.2. The highest BCUT2D eigenvalue weighted by Crippen LogP contribution is 2.12. The van der Waals surface area contributed by atoms with Crippen molar-refractivity contribution >= 4 is 10.1 Å². The van der Waals surface area contributed by atoms with E-state index in [-0.39, 0.29) is 24.2 Å². The minimum absolute atomic E-state index is 0.0590. The molecule has 1 rings (SSSR count). The SMILES string of the molecule is Cc1ccc(S(=O)(=O)OCCOCCOCCOCCOCCOCCOCCOCCOCCOCCOCCOC(C)C)cc1. The molecule has 0 atom stereocenters. The summed E-state index contributed by atoms with van der Waals surface area (Å²) in [6.45, 7) is 15.7. The molecule has 0 spiro atoms. The minimum atomic E-state index is -3.77. The molecule has 0 saturated heterocycles. The van der Waals surface area contributed by atoms with Crippen LogP contribution in [0.15, 0.2) is 29.2 Å². The summed E-state index contributed by atoms with van der Waals surface area (Å²) >= 11 is 0. The smallest absolute Gasteiger partial charge is 0.297 e. The zero-order valence-corrected chi connectivity index (χ0v) is 29.4. The van der Waals surface area contributed by atoms with E-state index in [4.69, 9.17) is 56.3 Å². The third-order valence-corrected chi connectivity index (χ3v) is 7.13. The van der Waals surface area contributed by atoms with Gasteiger partial charge in [0.25, 0.3) is 10.1 Å². The molecule has 0 aromatic heterocycles. The van der Waals surface area contributed by atoms with E-state index in [1.165, 1.54) is 12.1 Å². The molecule has 14 nitrogen and oxygen atoms in total. The van der Waals surface area contributed by atoms with Gasteiger partial charge in [0, 0.05) is 0 Å². The Kier molecular flexibility index (Phi) is 29.7. The summed E-state index contributed by atoms with van der Waals surface area (Å²) in [5, 5.41) is 0. The fourth-order valence-corrected chi connectivity index (χ4v) is 4.29. The van der Waals surface area contributed by atoms with Crippen molar-refractivity contribution in [2.24, 2.45) is 0 Å². The highest BCUT2D eigenvalue weighted by molar-refractivity contribution is 7.86. The Bertz CT molecular complexity index is 902. The first-order valence-electron chi connectivity index (χ1n) is 16.3. The highest BCUT2D eigenvalue weighted by Gasteiger charge is 2.14. The van der Waals surface area contributed by atoms with Crippen LogP contribution in [0.5, 0.6) is 0 Å². The first-order chi connectivity index (χ1) is 22.9. The molecule has 0 unspecified atom stereocenters. The van der Waals surface area contributed by atoms with Gasteiger partial charge in [-0.2, -0.15) is 8.42 Å². The molecule has 0 radical (unpaired) electrons. The first kappa shape index (κ1) is 43.7. The van der Waals surface area contributed by atoms with Gasteiger partial charge in [-0.3, -0.25) is 4.18 Å². The average Bonchev–Trinajstić information content (AvgIpc) is 3.05. The van der Waals surface area contributed by atoms with Crippen molar-refractivity contribution in [1.82, 2.24) is 0 Å². The van der Waals surface area contributed by atoms with Crippen LogP contribution in [0.1, 0.15) is 19.4 Å². The molecule has 276 valence electrons. The molecule has 47 heavy (non-hydrogen) atoms. The molecule has 0 N–H and O–H groups in total.